The molecule has 0 bridgehead atoms. The Labute approximate surface area is 129 Å². The lowest BCUT2D eigenvalue weighted by atomic mass is 9.90. The fourth-order valence-electron chi connectivity index (χ4n) is 2.82. The topological polar surface area (TPSA) is 42.0 Å². The van der Waals surface area contributed by atoms with Gasteiger partial charge in [-0.25, -0.2) is 0 Å². The first-order valence-corrected chi connectivity index (χ1v) is 8.27. The van der Waals surface area contributed by atoms with Crippen LogP contribution in [0, 0.1) is 5.92 Å². The zero-order valence-electron chi connectivity index (χ0n) is 12.4. The molecular formula is C17H20N2OS. The van der Waals surface area contributed by atoms with Gasteiger partial charge in [0.1, 0.15) is 0 Å². The van der Waals surface area contributed by atoms with Crippen LogP contribution in [-0.4, -0.2) is 10.9 Å². The van der Waals surface area contributed by atoms with E-state index < -0.39 is 0 Å². The number of nitrogens with zero attached hydrogens (tertiary/aromatic N) is 1. The van der Waals surface area contributed by atoms with Gasteiger partial charge in [-0.15, -0.1) is 11.3 Å². The van der Waals surface area contributed by atoms with E-state index in [0.29, 0.717) is 0 Å². The number of carbonyl (C=O) groups is 1. The van der Waals surface area contributed by atoms with E-state index in [9.17, 15) is 4.79 Å². The Morgan fingerprint density at radius 3 is 2.95 bits per heavy atom. The van der Waals surface area contributed by atoms with Crippen LogP contribution in [-0.2, 0) is 12.8 Å². The van der Waals surface area contributed by atoms with Gasteiger partial charge < -0.3 is 5.32 Å². The number of fused-ring (bicyclic) bond motifs is 1. The number of carbonyl (C=O) groups excluding carboxylic acids is 1. The molecule has 1 N–H and O–H groups in total. The van der Waals surface area contributed by atoms with E-state index in [1.54, 1.807) is 23.7 Å². The number of rotatable bonds is 3. The van der Waals surface area contributed by atoms with E-state index in [4.69, 9.17) is 0 Å². The van der Waals surface area contributed by atoms with Gasteiger partial charge in [0.2, 0.25) is 0 Å². The number of thiophene rings is 1. The molecule has 0 aliphatic heterocycles. The van der Waals surface area contributed by atoms with Gasteiger partial charge in [0.25, 0.3) is 5.91 Å². The van der Waals surface area contributed by atoms with E-state index in [1.165, 1.54) is 16.9 Å². The Kier molecular flexibility index (Phi) is 4.06. The number of amides is 1. The predicted molar refractivity (Wildman–Crippen MR) is 85.6 cm³/mol. The van der Waals surface area contributed by atoms with Crippen LogP contribution in [0.3, 0.4) is 0 Å². The second-order valence-electron chi connectivity index (χ2n) is 5.88. The maximum absolute atomic E-state index is 12.4. The molecule has 4 heteroatoms. The third-order valence-corrected chi connectivity index (χ3v) is 5.34. The summed E-state index contributed by atoms with van der Waals surface area (Å²) >= 11 is 1.66. The lowest BCUT2D eigenvalue weighted by Gasteiger charge is -2.16. The highest BCUT2D eigenvalue weighted by Gasteiger charge is 2.21. The molecule has 0 saturated heterocycles. The van der Waals surface area contributed by atoms with Crippen LogP contribution >= 0.6 is 11.3 Å². The highest BCUT2D eigenvalue weighted by atomic mass is 32.1. The predicted octanol–water partition coefficient (Wildman–Crippen LogP) is 3.76. The third-order valence-electron chi connectivity index (χ3n) is 4.11. The largest absolute Gasteiger partial charge is 0.345 e. The van der Waals surface area contributed by atoms with Crippen LogP contribution in [0.5, 0.6) is 0 Å². The fourth-order valence-corrected chi connectivity index (χ4v) is 3.93. The van der Waals surface area contributed by atoms with Crippen molar-refractivity contribution < 1.29 is 4.79 Å². The number of aromatic nitrogens is 1. The SMILES string of the molecule is CC1CCc2sc(C(=O)NC(C)c3ccncc3)cc2C1. The average Bonchev–Trinajstić information content (AvgIpc) is 2.91. The Balaban J connectivity index is 1.71. The molecule has 1 aliphatic rings. The number of hydrogen-bond donors (Lipinski definition) is 1. The first-order valence-electron chi connectivity index (χ1n) is 7.46. The minimum Gasteiger partial charge on any atom is -0.345 e. The number of pyridine rings is 1. The van der Waals surface area contributed by atoms with E-state index >= 15 is 0 Å². The van der Waals surface area contributed by atoms with Gasteiger partial charge >= 0.3 is 0 Å². The van der Waals surface area contributed by atoms with Crippen LogP contribution in [0.2, 0.25) is 0 Å². The lowest BCUT2D eigenvalue weighted by molar-refractivity contribution is 0.0944. The monoisotopic (exact) mass is 300 g/mol. The Morgan fingerprint density at radius 1 is 1.43 bits per heavy atom. The smallest absolute Gasteiger partial charge is 0.261 e. The molecule has 2 aromatic rings. The summed E-state index contributed by atoms with van der Waals surface area (Å²) in [6.07, 6.45) is 6.97. The molecule has 1 amide bonds. The van der Waals surface area contributed by atoms with Gasteiger partial charge in [-0.1, -0.05) is 6.92 Å². The van der Waals surface area contributed by atoms with Crippen LogP contribution < -0.4 is 5.32 Å². The average molecular weight is 300 g/mol. The Hall–Kier alpha value is -1.68. The maximum Gasteiger partial charge on any atom is 0.261 e. The molecule has 3 nitrogen and oxygen atoms in total. The zero-order valence-corrected chi connectivity index (χ0v) is 13.2. The maximum atomic E-state index is 12.4. The minimum absolute atomic E-state index is 0.00134. The molecular weight excluding hydrogens is 280 g/mol. The molecule has 1 aliphatic carbocycles. The van der Waals surface area contributed by atoms with Gasteiger partial charge in [-0.2, -0.15) is 0 Å². The summed E-state index contributed by atoms with van der Waals surface area (Å²) in [6, 6.07) is 5.96. The van der Waals surface area contributed by atoms with Gasteiger partial charge in [0, 0.05) is 17.3 Å². The number of nitrogens with one attached hydrogen (secondary N) is 1. The summed E-state index contributed by atoms with van der Waals surface area (Å²) in [7, 11) is 0. The van der Waals surface area contributed by atoms with Crippen LogP contribution in [0.15, 0.2) is 30.6 Å². The minimum atomic E-state index is -0.00134. The molecule has 21 heavy (non-hydrogen) atoms. The van der Waals surface area contributed by atoms with Crippen molar-refractivity contribution in [3.05, 3.63) is 51.5 Å². The highest BCUT2D eigenvalue weighted by Crippen LogP contribution is 2.32. The molecule has 2 atom stereocenters. The van der Waals surface area contributed by atoms with Crippen molar-refractivity contribution in [3.8, 4) is 0 Å². The van der Waals surface area contributed by atoms with Crippen molar-refractivity contribution in [3.63, 3.8) is 0 Å². The van der Waals surface area contributed by atoms with Crippen LogP contribution in [0.25, 0.3) is 0 Å². The van der Waals surface area contributed by atoms with Crippen LogP contribution in [0.1, 0.15) is 52.0 Å². The summed E-state index contributed by atoms with van der Waals surface area (Å²) < 4.78 is 0. The molecule has 110 valence electrons. The standard InChI is InChI=1S/C17H20N2OS/c1-11-3-4-15-14(9-11)10-16(21-15)17(20)19-12(2)13-5-7-18-8-6-13/h5-8,10-12H,3-4,9H2,1-2H3,(H,19,20). The molecule has 0 radical (unpaired) electrons. The molecule has 0 spiro atoms. The second kappa shape index (κ2) is 5.98. The Bertz CT molecular complexity index is 635. The van der Waals surface area contributed by atoms with E-state index in [0.717, 1.165) is 29.2 Å². The lowest BCUT2D eigenvalue weighted by Crippen LogP contribution is -2.25. The summed E-state index contributed by atoms with van der Waals surface area (Å²) in [5.74, 6) is 0.769. The van der Waals surface area contributed by atoms with E-state index in [2.05, 4.69) is 23.3 Å². The highest BCUT2D eigenvalue weighted by molar-refractivity contribution is 7.14. The zero-order chi connectivity index (χ0) is 14.8. The summed E-state index contributed by atoms with van der Waals surface area (Å²) in [6.45, 7) is 4.29. The molecule has 0 fully saturated rings. The van der Waals surface area contributed by atoms with Crippen molar-refractivity contribution in [1.82, 2.24) is 10.3 Å². The molecule has 2 unspecified atom stereocenters. The van der Waals surface area contributed by atoms with Crippen LogP contribution in [0.4, 0.5) is 0 Å². The van der Waals surface area contributed by atoms with Gasteiger partial charge in [-0.3, -0.25) is 9.78 Å². The quantitative estimate of drug-likeness (QED) is 0.938. The first kappa shape index (κ1) is 14.3. The van der Waals surface area contributed by atoms with Gasteiger partial charge in [0.05, 0.1) is 10.9 Å². The molecule has 2 aromatic heterocycles. The fraction of sp³-hybridized carbons (Fsp3) is 0.412. The second-order valence-corrected chi connectivity index (χ2v) is 7.02. The van der Waals surface area contributed by atoms with Crippen molar-refractivity contribution >= 4 is 17.2 Å². The molecule has 3 rings (SSSR count). The van der Waals surface area contributed by atoms with E-state index in [1.807, 2.05) is 19.1 Å². The number of hydrogen-bond acceptors (Lipinski definition) is 3. The van der Waals surface area contributed by atoms with Crippen molar-refractivity contribution in [2.45, 2.75) is 39.2 Å². The summed E-state index contributed by atoms with van der Waals surface area (Å²) in [4.78, 5) is 18.7. The van der Waals surface area contributed by atoms with Crippen molar-refractivity contribution in [2.24, 2.45) is 5.92 Å². The summed E-state index contributed by atoms with van der Waals surface area (Å²) in [5, 5.41) is 3.08. The first-order chi connectivity index (χ1) is 10.1. The van der Waals surface area contributed by atoms with Crippen molar-refractivity contribution in [2.75, 3.05) is 0 Å². The van der Waals surface area contributed by atoms with E-state index in [-0.39, 0.29) is 11.9 Å². The van der Waals surface area contributed by atoms with Gasteiger partial charge in [0.15, 0.2) is 0 Å². The molecule has 0 aromatic carbocycles. The third kappa shape index (κ3) is 3.16. The summed E-state index contributed by atoms with van der Waals surface area (Å²) in [5.41, 5.74) is 2.45. The van der Waals surface area contributed by atoms with Gasteiger partial charge in [-0.05, 0) is 61.4 Å². The van der Waals surface area contributed by atoms with Crippen molar-refractivity contribution in [1.29, 1.82) is 0 Å². The normalized spacial score (nSPS) is 18.9. The molecule has 2 heterocycles. The number of aryl methyl sites for hydroxylation is 1. The molecule has 0 saturated carbocycles. The Morgan fingerprint density at radius 2 is 2.19 bits per heavy atom.